The largest absolute Gasteiger partial charge is 0.481 e. The number of hydrogen-bond acceptors (Lipinski definition) is 4. The van der Waals surface area contributed by atoms with Gasteiger partial charge in [-0.3, -0.25) is 4.79 Å². The van der Waals surface area contributed by atoms with Gasteiger partial charge in [-0.2, -0.15) is 0 Å². The topological polar surface area (TPSA) is 98.0 Å². The smallest absolute Gasteiger partial charge is 0.303 e. The Morgan fingerprint density at radius 3 is 2.60 bits per heavy atom. The SMILES string of the molecule is CCCCC[C@@H](O)C=C[C@@H]1[C@@H](CC=CCCCC(=O)O)[C@@H](O)C[C@H]1O. The minimum Gasteiger partial charge on any atom is -0.481 e. The zero-order chi connectivity index (χ0) is 18.7. The number of rotatable bonds is 12. The summed E-state index contributed by atoms with van der Waals surface area (Å²) in [5, 5.41) is 39.0. The Morgan fingerprint density at radius 2 is 1.92 bits per heavy atom. The van der Waals surface area contributed by atoms with Crippen LogP contribution in [0.1, 0.15) is 64.7 Å². The van der Waals surface area contributed by atoms with E-state index in [4.69, 9.17) is 5.11 Å². The first-order valence-electron chi connectivity index (χ1n) is 9.55. The molecule has 25 heavy (non-hydrogen) atoms. The lowest BCUT2D eigenvalue weighted by molar-refractivity contribution is -0.137. The third-order valence-electron chi connectivity index (χ3n) is 4.91. The van der Waals surface area contributed by atoms with E-state index in [1.54, 1.807) is 6.08 Å². The molecule has 0 unspecified atom stereocenters. The molecule has 1 aliphatic carbocycles. The number of carbonyl (C=O) groups is 1. The Balaban J connectivity index is 2.46. The third kappa shape index (κ3) is 8.66. The Hall–Kier alpha value is -1.17. The van der Waals surface area contributed by atoms with E-state index in [-0.39, 0.29) is 18.3 Å². The molecule has 0 aromatic carbocycles. The van der Waals surface area contributed by atoms with Gasteiger partial charge in [0.2, 0.25) is 0 Å². The van der Waals surface area contributed by atoms with Crippen molar-refractivity contribution in [3.8, 4) is 0 Å². The van der Waals surface area contributed by atoms with Crippen LogP contribution in [0.3, 0.4) is 0 Å². The molecule has 1 rings (SSSR count). The standard InChI is InChI=1S/C20H34O5/c1-2-3-6-9-15(21)12-13-17-16(18(22)14-19(17)23)10-7-4-5-8-11-20(24)25/h4,7,12-13,15-19,21-23H,2-3,5-6,8-11,14H2,1H3,(H,24,25)/t15-,16-,17-,18+,19-/m1/s1. The van der Waals surface area contributed by atoms with Gasteiger partial charge in [-0.25, -0.2) is 0 Å². The van der Waals surface area contributed by atoms with E-state index in [1.165, 1.54) is 0 Å². The highest BCUT2D eigenvalue weighted by atomic mass is 16.4. The molecule has 1 fully saturated rings. The number of hydrogen-bond donors (Lipinski definition) is 4. The van der Waals surface area contributed by atoms with Crippen molar-refractivity contribution in [2.75, 3.05) is 0 Å². The summed E-state index contributed by atoms with van der Waals surface area (Å²) in [5.41, 5.74) is 0. The van der Waals surface area contributed by atoms with E-state index < -0.39 is 24.3 Å². The van der Waals surface area contributed by atoms with E-state index in [1.807, 2.05) is 18.2 Å². The second-order valence-corrected chi connectivity index (χ2v) is 7.05. The number of carboxylic acid groups (broad SMARTS) is 1. The maximum atomic E-state index is 10.5. The van der Waals surface area contributed by atoms with Crippen LogP contribution in [-0.4, -0.2) is 44.7 Å². The quantitative estimate of drug-likeness (QED) is 0.319. The van der Waals surface area contributed by atoms with Crippen molar-refractivity contribution in [3.05, 3.63) is 24.3 Å². The molecule has 1 aliphatic rings. The van der Waals surface area contributed by atoms with Gasteiger partial charge in [0.25, 0.3) is 0 Å². The van der Waals surface area contributed by atoms with Crippen LogP contribution in [0.25, 0.3) is 0 Å². The molecular formula is C20H34O5. The molecule has 0 amide bonds. The zero-order valence-electron chi connectivity index (χ0n) is 15.3. The van der Waals surface area contributed by atoms with Gasteiger partial charge in [0.15, 0.2) is 0 Å². The van der Waals surface area contributed by atoms with E-state index in [2.05, 4.69) is 6.92 Å². The minimum absolute atomic E-state index is 0.0650. The maximum Gasteiger partial charge on any atom is 0.303 e. The van der Waals surface area contributed by atoms with Crippen LogP contribution in [0.4, 0.5) is 0 Å². The summed E-state index contributed by atoms with van der Waals surface area (Å²) in [7, 11) is 0. The van der Waals surface area contributed by atoms with Crippen LogP contribution in [0.2, 0.25) is 0 Å². The van der Waals surface area contributed by atoms with Crippen molar-refractivity contribution >= 4 is 5.97 Å². The summed E-state index contributed by atoms with van der Waals surface area (Å²) in [6, 6.07) is 0. The molecule has 0 radical (unpaired) electrons. The second-order valence-electron chi connectivity index (χ2n) is 7.05. The lowest BCUT2D eigenvalue weighted by atomic mass is 9.89. The van der Waals surface area contributed by atoms with E-state index in [0.717, 1.165) is 25.7 Å². The van der Waals surface area contributed by atoms with Crippen molar-refractivity contribution in [1.29, 1.82) is 0 Å². The Morgan fingerprint density at radius 1 is 1.16 bits per heavy atom. The number of allylic oxidation sites excluding steroid dienone is 2. The summed E-state index contributed by atoms with van der Waals surface area (Å²) in [6.07, 6.45) is 12.3. The van der Waals surface area contributed by atoms with Crippen LogP contribution < -0.4 is 0 Å². The molecule has 5 heteroatoms. The highest BCUT2D eigenvalue weighted by Gasteiger charge is 2.39. The summed E-state index contributed by atoms with van der Waals surface area (Å²) in [4.78, 5) is 10.5. The molecule has 0 saturated heterocycles. The Labute approximate surface area is 151 Å². The van der Waals surface area contributed by atoms with Gasteiger partial charge in [0.1, 0.15) is 0 Å². The molecular weight excluding hydrogens is 320 g/mol. The molecule has 4 N–H and O–H groups in total. The molecule has 5 atom stereocenters. The normalized spacial score (nSPS) is 28.2. The number of unbranched alkanes of at least 4 members (excludes halogenated alkanes) is 3. The van der Waals surface area contributed by atoms with Crippen LogP contribution in [-0.2, 0) is 4.79 Å². The highest BCUT2D eigenvalue weighted by molar-refractivity contribution is 5.66. The van der Waals surface area contributed by atoms with Gasteiger partial charge in [-0.15, -0.1) is 0 Å². The molecule has 1 saturated carbocycles. The first kappa shape index (κ1) is 21.9. The van der Waals surface area contributed by atoms with Crippen LogP contribution >= 0.6 is 0 Å². The molecule has 0 bridgehead atoms. The molecule has 0 spiro atoms. The molecule has 0 heterocycles. The molecule has 5 nitrogen and oxygen atoms in total. The van der Waals surface area contributed by atoms with E-state index in [0.29, 0.717) is 25.7 Å². The molecule has 144 valence electrons. The monoisotopic (exact) mass is 354 g/mol. The second kappa shape index (κ2) is 12.2. The lowest BCUT2D eigenvalue weighted by Gasteiger charge is -2.19. The third-order valence-corrected chi connectivity index (χ3v) is 4.91. The fraction of sp³-hybridized carbons (Fsp3) is 0.750. The highest BCUT2D eigenvalue weighted by Crippen LogP contribution is 2.36. The summed E-state index contributed by atoms with van der Waals surface area (Å²) < 4.78 is 0. The molecule has 0 aromatic heterocycles. The zero-order valence-corrected chi connectivity index (χ0v) is 15.3. The van der Waals surface area contributed by atoms with Crippen LogP contribution in [0, 0.1) is 11.8 Å². The summed E-state index contributed by atoms with van der Waals surface area (Å²) >= 11 is 0. The van der Waals surface area contributed by atoms with Gasteiger partial charge in [-0.05, 0) is 31.6 Å². The van der Waals surface area contributed by atoms with Crippen molar-refractivity contribution in [2.45, 2.75) is 83.0 Å². The first-order chi connectivity index (χ1) is 12.0. The summed E-state index contributed by atoms with van der Waals surface area (Å²) in [6.45, 7) is 2.12. The maximum absolute atomic E-state index is 10.5. The van der Waals surface area contributed by atoms with Gasteiger partial charge >= 0.3 is 5.97 Å². The van der Waals surface area contributed by atoms with Gasteiger partial charge < -0.3 is 20.4 Å². The molecule has 0 aromatic rings. The van der Waals surface area contributed by atoms with Crippen molar-refractivity contribution in [2.24, 2.45) is 11.8 Å². The lowest BCUT2D eigenvalue weighted by Crippen LogP contribution is -2.20. The number of aliphatic carboxylic acids is 1. The fourth-order valence-corrected chi connectivity index (χ4v) is 3.41. The predicted octanol–water partition coefficient (Wildman–Crippen LogP) is 3.04. The number of carboxylic acids is 1. The average Bonchev–Trinajstić information content (AvgIpc) is 2.82. The number of aliphatic hydroxyl groups excluding tert-OH is 3. The van der Waals surface area contributed by atoms with Crippen molar-refractivity contribution in [1.82, 2.24) is 0 Å². The van der Waals surface area contributed by atoms with Gasteiger partial charge in [0, 0.05) is 18.8 Å². The first-order valence-corrected chi connectivity index (χ1v) is 9.55. The average molecular weight is 354 g/mol. The van der Waals surface area contributed by atoms with Crippen LogP contribution in [0.5, 0.6) is 0 Å². The predicted molar refractivity (Wildman–Crippen MR) is 98.1 cm³/mol. The van der Waals surface area contributed by atoms with Crippen molar-refractivity contribution < 1.29 is 25.2 Å². The van der Waals surface area contributed by atoms with Crippen LogP contribution in [0.15, 0.2) is 24.3 Å². The Kier molecular flexibility index (Phi) is 10.7. The minimum atomic E-state index is -0.787. The fourth-order valence-electron chi connectivity index (χ4n) is 3.41. The van der Waals surface area contributed by atoms with E-state index >= 15 is 0 Å². The van der Waals surface area contributed by atoms with Crippen molar-refractivity contribution in [3.63, 3.8) is 0 Å². The Bertz CT molecular complexity index is 432. The van der Waals surface area contributed by atoms with E-state index in [9.17, 15) is 20.1 Å². The molecule has 0 aliphatic heterocycles. The number of aliphatic hydroxyl groups is 3. The van der Waals surface area contributed by atoms with Gasteiger partial charge in [-0.1, -0.05) is 50.5 Å². The van der Waals surface area contributed by atoms with Gasteiger partial charge in [0.05, 0.1) is 18.3 Å². The summed E-state index contributed by atoms with van der Waals surface area (Å²) in [5.74, 6) is -1.00.